The van der Waals surface area contributed by atoms with Gasteiger partial charge in [-0.25, -0.2) is 0 Å². The Morgan fingerprint density at radius 1 is 1.33 bits per heavy atom. The number of aliphatic carboxylic acids is 1. The summed E-state index contributed by atoms with van der Waals surface area (Å²) in [6.45, 7) is -0.382. The molecule has 0 amide bonds. The van der Waals surface area contributed by atoms with Crippen LogP contribution in [0.3, 0.4) is 0 Å². The number of anilines is 1. The fourth-order valence-electron chi connectivity index (χ4n) is 1.05. The van der Waals surface area contributed by atoms with Crippen molar-refractivity contribution in [3.05, 3.63) is 24.3 Å². The average molecular weight is 275 g/mol. The molecule has 1 aromatic carbocycles. The maximum atomic E-state index is 11.1. The van der Waals surface area contributed by atoms with Crippen LogP contribution in [0.5, 0.6) is 0 Å². The Balaban J connectivity index is 2.97. The zero-order valence-corrected chi connectivity index (χ0v) is 9.50. The van der Waals surface area contributed by atoms with E-state index in [0.29, 0.717) is 0 Å². The van der Waals surface area contributed by atoms with Gasteiger partial charge in [0.2, 0.25) is 0 Å². The molecule has 6 nitrogen and oxygen atoms in total. The summed E-state index contributed by atoms with van der Waals surface area (Å²) in [7, 11) is 0. The van der Waals surface area contributed by atoms with Crippen LogP contribution in [-0.4, -0.2) is 40.0 Å². The van der Waals surface area contributed by atoms with Gasteiger partial charge >= 0.3 is 88.1 Å². The van der Waals surface area contributed by atoms with Crippen molar-refractivity contribution in [1.82, 2.24) is 0 Å². The molecular formula is C8H10AsNO5. The van der Waals surface area contributed by atoms with Gasteiger partial charge in [-0.05, 0) is 0 Å². The number of carbonyl (C=O) groups is 1. The zero-order valence-electron chi connectivity index (χ0n) is 7.62. The summed E-state index contributed by atoms with van der Waals surface area (Å²) in [4.78, 5) is 10.3. The van der Waals surface area contributed by atoms with Crippen LogP contribution in [0, 0.1) is 0 Å². The number of hydrogen-bond donors (Lipinski definition) is 4. The molecule has 0 fully saturated rings. The third-order valence-corrected chi connectivity index (χ3v) is 3.78. The van der Waals surface area contributed by atoms with Crippen molar-refractivity contribution in [2.75, 3.05) is 11.9 Å². The molecule has 0 saturated heterocycles. The van der Waals surface area contributed by atoms with Crippen molar-refractivity contribution in [1.29, 1.82) is 0 Å². The van der Waals surface area contributed by atoms with Crippen molar-refractivity contribution >= 4 is 30.2 Å². The molecule has 0 aliphatic rings. The van der Waals surface area contributed by atoms with Crippen LogP contribution in [0.4, 0.5) is 5.69 Å². The Morgan fingerprint density at radius 3 is 2.47 bits per heavy atom. The molecule has 0 bridgehead atoms. The fourth-order valence-corrected chi connectivity index (χ4v) is 2.62. The summed E-state index contributed by atoms with van der Waals surface area (Å²) in [5.41, 5.74) is 0.160. The van der Waals surface area contributed by atoms with Crippen LogP contribution in [0.15, 0.2) is 24.3 Å². The van der Waals surface area contributed by atoms with Crippen LogP contribution in [-0.2, 0) is 8.53 Å². The molecule has 15 heavy (non-hydrogen) atoms. The summed E-state index contributed by atoms with van der Waals surface area (Å²) in [5, 5.41) is 10.9. The van der Waals surface area contributed by atoms with Gasteiger partial charge in [0.25, 0.3) is 0 Å². The van der Waals surface area contributed by atoms with Crippen molar-refractivity contribution in [3.8, 4) is 0 Å². The van der Waals surface area contributed by atoms with Gasteiger partial charge in [-0.1, -0.05) is 0 Å². The SMILES string of the molecule is O=C(O)CNc1ccccc1[As](=O)(O)O. The fraction of sp³-hybridized carbons (Fsp3) is 0.125. The number of rotatable bonds is 4. The minimum atomic E-state index is -4.99. The van der Waals surface area contributed by atoms with E-state index in [0.717, 1.165) is 0 Å². The number of carboxylic acid groups (broad SMARTS) is 1. The second kappa shape index (κ2) is 4.53. The second-order valence-corrected chi connectivity index (χ2v) is 6.10. The Labute approximate surface area is 88.6 Å². The van der Waals surface area contributed by atoms with E-state index in [-0.39, 0.29) is 16.6 Å². The van der Waals surface area contributed by atoms with Gasteiger partial charge in [0.15, 0.2) is 0 Å². The van der Waals surface area contributed by atoms with Crippen molar-refractivity contribution in [2.24, 2.45) is 0 Å². The molecule has 4 N–H and O–H groups in total. The van der Waals surface area contributed by atoms with Gasteiger partial charge in [-0.2, -0.15) is 0 Å². The predicted molar refractivity (Wildman–Crippen MR) is 53.1 cm³/mol. The van der Waals surface area contributed by atoms with Crippen molar-refractivity contribution < 1.29 is 21.8 Å². The molecule has 0 spiro atoms. The number of benzene rings is 1. The monoisotopic (exact) mass is 275 g/mol. The van der Waals surface area contributed by atoms with Crippen LogP contribution >= 0.6 is 0 Å². The third-order valence-electron chi connectivity index (χ3n) is 1.65. The first-order valence-electron chi connectivity index (χ1n) is 4.02. The topological polar surface area (TPSA) is 107 Å². The molecule has 82 valence electrons. The van der Waals surface area contributed by atoms with E-state index in [1.54, 1.807) is 6.07 Å². The Kier molecular flexibility index (Phi) is 3.57. The summed E-state index contributed by atoms with van der Waals surface area (Å²) in [6, 6.07) is 5.77. The number of nitrogens with one attached hydrogen (secondary N) is 1. The van der Waals surface area contributed by atoms with Gasteiger partial charge in [0, 0.05) is 0 Å². The summed E-state index contributed by atoms with van der Waals surface area (Å²) in [6.07, 6.45) is 0. The van der Waals surface area contributed by atoms with E-state index in [4.69, 9.17) is 13.3 Å². The first-order valence-corrected chi connectivity index (χ1v) is 7.40. The normalized spacial score (nSPS) is 11.1. The molecule has 1 rings (SSSR count). The summed E-state index contributed by atoms with van der Waals surface area (Å²) < 4.78 is 29.0. The van der Waals surface area contributed by atoms with Crippen LogP contribution in [0.25, 0.3) is 0 Å². The molecule has 0 aliphatic carbocycles. The van der Waals surface area contributed by atoms with Gasteiger partial charge in [-0.3, -0.25) is 0 Å². The molecule has 7 heteroatoms. The van der Waals surface area contributed by atoms with E-state index >= 15 is 0 Å². The molecule has 0 unspecified atom stereocenters. The molecule has 0 atom stereocenters. The molecule has 0 aliphatic heterocycles. The first-order chi connectivity index (χ1) is 6.91. The first kappa shape index (κ1) is 11.8. The average Bonchev–Trinajstić information content (AvgIpc) is 2.13. The quantitative estimate of drug-likeness (QED) is 0.511. The Bertz CT molecular complexity index is 413. The Hall–Kier alpha value is -1.23. The standard InChI is InChI=1S/C8H10AsNO5/c11-8(12)5-10-7-4-2-1-3-6(7)9(13,14)15/h1-4,10H,5H2,(H,11,12)(H2,13,14,15). The van der Waals surface area contributed by atoms with Crippen LogP contribution in [0.2, 0.25) is 0 Å². The molecular weight excluding hydrogens is 265 g/mol. The van der Waals surface area contributed by atoms with Crippen molar-refractivity contribution in [3.63, 3.8) is 0 Å². The second-order valence-electron chi connectivity index (χ2n) is 2.81. The van der Waals surface area contributed by atoms with E-state index in [1.807, 2.05) is 0 Å². The Morgan fingerprint density at radius 2 is 1.93 bits per heavy atom. The third kappa shape index (κ3) is 3.43. The van der Waals surface area contributed by atoms with E-state index in [1.165, 1.54) is 18.2 Å². The van der Waals surface area contributed by atoms with Gasteiger partial charge < -0.3 is 0 Å². The molecule has 0 aromatic heterocycles. The van der Waals surface area contributed by atoms with Gasteiger partial charge in [0.1, 0.15) is 0 Å². The number of hydrogen-bond acceptors (Lipinski definition) is 3. The molecule has 0 saturated carbocycles. The van der Waals surface area contributed by atoms with E-state index in [9.17, 15) is 8.53 Å². The maximum absolute atomic E-state index is 11.1. The van der Waals surface area contributed by atoms with Crippen LogP contribution < -0.4 is 9.67 Å². The summed E-state index contributed by atoms with van der Waals surface area (Å²) in [5.74, 6) is -1.09. The number of para-hydroxylation sites is 1. The molecule has 0 heterocycles. The predicted octanol–water partition coefficient (Wildman–Crippen LogP) is -1.26. The van der Waals surface area contributed by atoms with E-state index < -0.39 is 20.1 Å². The molecule has 1 aromatic rings. The van der Waals surface area contributed by atoms with Gasteiger partial charge in [-0.15, -0.1) is 0 Å². The van der Waals surface area contributed by atoms with Crippen LogP contribution in [0.1, 0.15) is 0 Å². The molecule has 0 radical (unpaired) electrons. The zero-order chi connectivity index (χ0) is 11.5. The summed E-state index contributed by atoms with van der Waals surface area (Å²) >= 11 is -4.99. The van der Waals surface area contributed by atoms with Crippen molar-refractivity contribution in [2.45, 2.75) is 0 Å². The minimum absolute atomic E-state index is 0.142. The van der Waals surface area contributed by atoms with Gasteiger partial charge in [0.05, 0.1) is 0 Å². The number of carboxylic acids is 1. The van der Waals surface area contributed by atoms with E-state index in [2.05, 4.69) is 5.32 Å².